The zero-order valence-electron chi connectivity index (χ0n) is 13.5. The molecule has 0 saturated heterocycles. The van der Waals surface area contributed by atoms with Crippen LogP contribution in [0.5, 0.6) is 0 Å². The van der Waals surface area contributed by atoms with Gasteiger partial charge in [-0.1, -0.05) is 115 Å². The van der Waals surface area contributed by atoms with Crippen molar-refractivity contribution in [2.45, 2.75) is 0 Å². The summed E-state index contributed by atoms with van der Waals surface area (Å²) in [5, 5.41) is 0. The average molecular weight is 308 g/mol. The Hall–Kier alpha value is -3.12. The van der Waals surface area contributed by atoms with Gasteiger partial charge in [0.25, 0.3) is 0 Å². The second kappa shape index (κ2) is 8.50. The summed E-state index contributed by atoms with van der Waals surface area (Å²) in [4.78, 5) is 0. The van der Waals surface area contributed by atoms with E-state index in [9.17, 15) is 0 Å². The summed E-state index contributed by atoms with van der Waals surface area (Å²) < 4.78 is 0. The maximum Gasteiger partial charge on any atom is -0.0178 e. The van der Waals surface area contributed by atoms with Crippen LogP contribution in [0, 0.1) is 0 Å². The molecule has 24 heavy (non-hydrogen) atoms. The first-order valence-electron chi connectivity index (χ1n) is 8.14. The number of benzene rings is 3. The van der Waals surface area contributed by atoms with Crippen LogP contribution in [0.2, 0.25) is 0 Å². The molecule has 0 fully saturated rings. The van der Waals surface area contributed by atoms with E-state index in [1.807, 2.05) is 30.3 Å². The highest BCUT2D eigenvalue weighted by molar-refractivity contribution is 5.87. The van der Waals surface area contributed by atoms with Crippen molar-refractivity contribution in [3.05, 3.63) is 126 Å². The van der Waals surface area contributed by atoms with Crippen molar-refractivity contribution in [1.29, 1.82) is 0 Å². The first-order chi connectivity index (χ1) is 11.9. The zero-order chi connectivity index (χ0) is 16.5. The van der Waals surface area contributed by atoms with Crippen LogP contribution in [0.4, 0.5) is 0 Å². The highest BCUT2D eigenvalue weighted by Gasteiger charge is 1.97. The van der Waals surface area contributed by atoms with Crippen molar-refractivity contribution in [3.63, 3.8) is 0 Å². The predicted octanol–water partition coefficient (Wildman–Crippen LogP) is 6.50. The van der Waals surface area contributed by atoms with Gasteiger partial charge in [0, 0.05) is 0 Å². The van der Waals surface area contributed by atoms with E-state index in [-0.39, 0.29) is 0 Å². The lowest BCUT2D eigenvalue weighted by Crippen LogP contribution is -1.81. The van der Waals surface area contributed by atoms with Gasteiger partial charge >= 0.3 is 0 Å². The van der Waals surface area contributed by atoms with Gasteiger partial charge in [0.2, 0.25) is 0 Å². The molecular weight excluding hydrogens is 288 g/mol. The molecule has 3 aromatic carbocycles. The van der Waals surface area contributed by atoms with E-state index >= 15 is 0 Å². The fourth-order valence-electron chi connectivity index (χ4n) is 2.48. The lowest BCUT2D eigenvalue weighted by Gasteiger charge is -2.03. The zero-order valence-corrected chi connectivity index (χ0v) is 13.5. The van der Waals surface area contributed by atoms with Gasteiger partial charge in [-0.25, -0.2) is 0 Å². The Bertz CT molecular complexity index is 823. The van der Waals surface area contributed by atoms with Crippen LogP contribution < -0.4 is 0 Å². The molecule has 3 aromatic rings. The monoisotopic (exact) mass is 308 g/mol. The molecule has 0 saturated carbocycles. The first-order valence-corrected chi connectivity index (χ1v) is 8.14. The molecule has 0 aliphatic carbocycles. The maximum atomic E-state index is 2.21. The summed E-state index contributed by atoms with van der Waals surface area (Å²) in [5.41, 5.74) is 4.81. The molecule has 0 heteroatoms. The maximum absolute atomic E-state index is 2.21. The van der Waals surface area contributed by atoms with Crippen LogP contribution in [0.15, 0.2) is 109 Å². The second-order valence-electron chi connectivity index (χ2n) is 5.51. The summed E-state index contributed by atoms with van der Waals surface area (Å²) >= 11 is 0. The van der Waals surface area contributed by atoms with Gasteiger partial charge in [0.1, 0.15) is 0 Å². The van der Waals surface area contributed by atoms with Crippen molar-refractivity contribution < 1.29 is 0 Å². The average Bonchev–Trinajstić information content (AvgIpc) is 2.66. The third-order valence-electron chi connectivity index (χ3n) is 3.70. The Morgan fingerprint density at radius 3 is 1.71 bits per heavy atom. The lowest BCUT2D eigenvalue weighted by molar-refractivity contribution is 1.61. The van der Waals surface area contributed by atoms with Crippen LogP contribution >= 0.6 is 0 Å². The third kappa shape index (κ3) is 4.69. The predicted molar refractivity (Wildman–Crippen MR) is 105 cm³/mol. The summed E-state index contributed by atoms with van der Waals surface area (Å²) in [6.45, 7) is 0. The topological polar surface area (TPSA) is 0 Å². The molecule has 0 N–H and O–H groups in total. The molecule has 0 unspecified atom stereocenters. The van der Waals surface area contributed by atoms with Gasteiger partial charge in [-0.05, 0) is 28.3 Å². The van der Waals surface area contributed by atoms with E-state index in [2.05, 4.69) is 91.0 Å². The number of allylic oxidation sites excluding steroid dienone is 4. The minimum Gasteiger partial charge on any atom is -0.0622 e. The molecule has 3 rings (SSSR count). The van der Waals surface area contributed by atoms with Crippen molar-refractivity contribution in [1.82, 2.24) is 0 Å². The highest BCUT2D eigenvalue weighted by atomic mass is 14.0. The number of hydrogen-bond donors (Lipinski definition) is 0. The highest BCUT2D eigenvalue weighted by Crippen LogP contribution is 2.19. The molecule has 0 atom stereocenters. The Balaban J connectivity index is 1.84. The van der Waals surface area contributed by atoms with Crippen molar-refractivity contribution in [2.75, 3.05) is 0 Å². The van der Waals surface area contributed by atoms with Gasteiger partial charge < -0.3 is 0 Å². The smallest absolute Gasteiger partial charge is 0.0178 e. The molecule has 116 valence electrons. The van der Waals surface area contributed by atoms with E-state index in [1.165, 1.54) is 22.3 Å². The molecule has 0 aromatic heterocycles. The van der Waals surface area contributed by atoms with Crippen LogP contribution in [0.25, 0.3) is 17.7 Å². The van der Waals surface area contributed by atoms with Gasteiger partial charge in [-0.15, -0.1) is 0 Å². The number of hydrogen-bond acceptors (Lipinski definition) is 0. The molecule has 0 bridgehead atoms. The SMILES string of the molecule is C(/C=C\c1ccccc1)=C/C(=C\c1ccccc1)c1ccccc1. The number of rotatable bonds is 5. The van der Waals surface area contributed by atoms with Gasteiger partial charge in [-0.2, -0.15) is 0 Å². The fourth-order valence-corrected chi connectivity index (χ4v) is 2.48. The Labute approximate surface area is 144 Å². The quantitative estimate of drug-likeness (QED) is 0.373. The molecule has 0 amide bonds. The molecule has 0 heterocycles. The van der Waals surface area contributed by atoms with Crippen molar-refractivity contribution in [3.8, 4) is 0 Å². The van der Waals surface area contributed by atoms with Crippen LogP contribution in [0.3, 0.4) is 0 Å². The minimum absolute atomic E-state index is 1.19. The van der Waals surface area contributed by atoms with Crippen molar-refractivity contribution >= 4 is 17.7 Å². The van der Waals surface area contributed by atoms with E-state index < -0.39 is 0 Å². The van der Waals surface area contributed by atoms with Crippen LogP contribution in [-0.2, 0) is 0 Å². The molecule has 0 aliphatic rings. The largest absolute Gasteiger partial charge is 0.0622 e. The van der Waals surface area contributed by atoms with Gasteiger partial charge in [-0.3, -0.25) is 0 Å². The Morgan fingerprint density at radius 2 is 1.08 bits per heavy atom. The molecule has 0 nitrogen and oxygen atoms in total. The summed E-state index contributed by atoms with van der Waals surface area (Å²) in [6, 6.07) is 31.2. The summed E-state index contributed by atoms with van der Waals surface area (Å²) in [6.07, 6.45) is 10.7. The fraction of sp³-hybridized carbons (Fsp3) is 0. The lowest BCUT2D eigenvalue weighted by atomic mass is 10.0. The third-order valence-corrected chi connectivity index (χ3v) is 3.70. The second-order valence-corrected chi connectivity index (χ2v) is 5.51. The minimum atomic E-state index is 1.19. The summed E-state index contributed by atoms with van der Waals surface area (Å²) in [5.74, 6) is 0. The summed E-state index contributed by atoms with van der Waals surface area (Å²) in [7, 11) is 0. The molecule has 0 radical (unpaired) electrons. The molecular formula is C24H20. The van der Waals surface area contributed by atoms with Gasteiger partial charge in [0.05, 0.1) is 0 Å². The van der Waals surface area contributed by atoms with Gasteiger partial charge in [0.15, 0.2) is 0 Å². The molecule has 0 aliphatic heterocycles. The van der Waals surface area contributed by atoms with Crippen LogP contribution in [0.1, 0.15) is 16.7 Å². The van der Waals surface area contributed by atoms with Crippen LogP contribution in [-0.4, -0.2) is 0 Å². The molecule has 0 spiro atoms. The van der Waals surface area contributed by atoms with Crippen molar-refractivity contribution in [2.24, 2.45) is 0 Å². The Kier molecular flexibility index (Phi) is 5.58. The standard InChI is InChI=1S/C24H20/c1-4-12-21(13-5-1)14-10-11-19-24(23-17-8-3-9-18-23)20-22-15-6-2-7-16-22/h1-20H/b14-10-,19-11-,24-20+. The van der Waals surface area contributed by atoms with E-state index in [0.29, 0.717) is 0 Å². The van der Waals surface area contributed by atoms with E-state index in [4.69, 9.17) is 0 Å². The van der Waals surface area contributed by atoms with E-state index in [1.54, 1.807) is 0 Å². The Morgan fingerprint density at radius 1 is 0.542 bits per heavy atom. The first kappa shape index (κ1) is 15.8. The van der Waals surface area contributed by atoms with E-state index in [0.717, 1.165) is 0 Å². The normalized spacial score (nSPS) is 12.1.